The second-order valence-corrected chi connectivity index (χ2v) is 6.43. The lowest BCUT2D eigenvalue weighted by Gasteiger charge is -2.23. The van der Waals surface area contributed by atoms with Crippen molar-refractivity contribution in [1.29, 1.82) is 0 Å². The summed E-state index contributed by atoms with van der Waals surface area (Å²) in [5.74, 6) is 0.934. The molecule has 2 heteroatoms. The summed E-state index contributed by atoms with van der Waals surface area (Å²) in [6.07, 6.45) is 1.06. The van der Waals surface area contributed by atoms with E-state index in [1.807, 2.05) is 18.2 Å². The monoisotopic (exact) mass is 268 g/mol. The van der Waals surface area contributed by atoms with Gasteiger partial charge in [0.2, 0.25) is 0 Å². The Labute approximate surface area is 119 Å². The molecule has 0 saturated heterocycles. The number of hydrogen-bond donors (Lipinski definition) is 2. The van der Waals surface area contributed by atoms with Crippen molar-refractivity contribution in [3.8, 4) is 22.6 Å². The zero-order chi connectivity index (χ0) is 14.5. The second-order valence-electron chi connectivity index (χ2n) is 6.43. The van der Waals surface area contributed by atoms with E-state index in [0.29, 0.717) is 11.5 Å². The molecule has 0 saturated carbocycles. The SMILES string of the molecule is CC1CC(C)(C)c2c1ccc(O)c2-c1ccccc1O. The van der Waals surface area contributed by atoms with E-state index in [4.69, 9.17) is 0 Å². The molecular formula is C18H20O2. The summed E-state index contributed by atoms with van der Waals surface area (Å²) in [4.78, 5) is 0. The van der Waals surface area contributed by atoms with Crippen LogP contribution < -0.4 is 0 Å². The molecule has 104 valence electrons. The van der Waals surface area contributed by atoms with Crippen LogP contribution in [0.4, 0.5) is 0 Å². The van der Waals surface area contributed by atoms with Gasteiger partial charge >= 0.3 is 0 Å². The van der Waals surface area contributed by atoms with Crippen molar-refractivity contribution >= 4 is 0 Å². The van der Waals surface area contributed by atoms with E-state index in [0.717, 1.165) is 12.0 Å². The minimum absolute atomic E-state index is 0.00506. The van der Waals surface area contributed by atoms with Crippen LogP contribution in [0.15, 0.2) is 36.4 Å². The van der Waals surface area contributed by atoms with Crippen LogP contribution in [0.25, 0.3) is 11.1 Å². The average Bonchev–Trinajstić information content (AvgIpc) is 2.61. The molecule has 2 aromatic rings. The van der Waals surface area contributed by atoms with Crippen LogP contribution in [0, 0.1) is 0 Å². The van der Waals surface area contributed by atoms with Crippen molar-refractivity contribution in [2.24, 2.45) is 0 Å². The number of hydrogen-bond acceptors (Lipinski definition) is 2. The van der Waals surface area contributed by atoms with Gasteiger partial charge in [-0.25, -0.2) is 0 Å². The lowest BCUT2D eigenvalue weighted by atomic mass is 9.81. The molecule has 2 aromatic carbocycles. The fourth-order valence-corrected chi connectivity index (χ4v) is 3.68. The minimum Gasteiger partial charge on any atom is -0.507 e. The Morgan fingerprint density at radius 1 is 1.00 bits per heavy atom. The lowest BCUT2D eigenvalue weighted by molar-refractivity contribution is 0.463. The van der Waals surface area contributed by atoms with Gasteiger partial charge in [0.25, 0.3) is 0 Å². The molecule has 0 aliphatic heterocycles. The number of phenolic OH excluding ortho intramolecular Hbond substituents is 2. The van der Waals surface area contributed by atoms with Crippen molar-refractivity contribution < 1.29 is 10.2 Å². The zero-order valence-corrected chi connectivity index (χ0v) is 12.1. The first-order valence-corrected chi connectivity index (χ1v) is 7.06. The number of benzene rings is 2. The van der Waals surface area contributed by atoms with Gasteiger partial charge in [-0.3, -0.25) is 0 Å². The first-order chi connectivity index (χ1) is 9.42. The molecule has 1 aliphatic carbocycles. The fourth-order valence-electron chi connectivity index (χ4n) is 3.68. The first kappa shape index (κ1) is 13.0. The lowest BCUT2D eigenvalue weighted by Crippen LogP contribution is -2.13. The molecule has 0 amide bonds. The van der Waals surface area contributed by atoms with Gasteiger partial charge in [0.05, 0.1) is 0 Å². The minimum atomic E-state index is 0.00506. The summed E-state index contributed by atoms with van der Waals surface area (Å²) in [5.41, 5.74) is 3.96. The normalized spacial score (nSPS) is 19.9. The summed E-state index contributed by atoms with van der Waals surface area (Å²) in [5, 5.41) is 20.5. The molecule has 0 spiro atoms. The molecule has 0 heterocycles. The third-order valence-corrected chi connectivity index (χ3v) is 4.41. The van der Waals surface area contributed by atoms with Gasteiger partial charge in [0.15, 0.2) is 0 Å². The van der Waals surface area contributed by atoms with Crippen molar-refractivity contribution in [3.05, 3.63) is 47.5 Å². The van der Waals surface area contributed by atoms with Gasteiger partial charge in [-0.2, -0.15) is 0 Å². The maximum Gasteiger partial charge on any atom is 0.123 e. The van der Waals surface area contributed by atoms with E-state index in [2.05, 4.69) is 20.8 Å². The van der Waals surface area contributed by atoms with Crippen LogP contribution in [0.2, 0.25) is 0 Å². The standard InChI is InChI=1S/C18H20O2/c1-11-10-18(2,3)17-12(11)8-9-15(20)16(17)13-6-4-5-7-14(13)19/h4-9,11,19-20H,10H2,1-3H3. The van der Waals surface area contributed by atoms with Crippen molar-refractivity contribution in [2.75, 3.05) is 0 Å². The summed E-state index contributed by atoms with van der Waals surface area (Å²) in [6, 6.07) is 11.0. The molecule has 1 unspecified atom stereocenters. The molecular weight excluding hydrogens is 248 g/mol. The van der Waals surface area contributed by atoms with Crippen molar-refractivity contribution in [1.82, 2.24) is 0 Å². The summed E-state index contributed by atoms with van der Waals surface area (Å²) in [7, 11) is 0. The van der Waals surface area contributed by atoms with Crippen LogP contribution in [-0.2, 0) is 5.41 Å². The molecule has 0 fully saturated rings. The Morgan fingerprint density at radius 2 is 1.70 bits per heavy atom. The highest BCUT2D eigenvalue weighted by Gasteiger charge is 2.38. The summed E-state index contributed by atoms with van der Waals surface area (Å²) in [6.45, 7) is 6.63. The highest BCUT2D eigenvalue weighted by atomic mass is 16.3. The number of phenols is 2. The Kier molecular flexibility index (Phi) is 2.79. The second kappa shape index (κ2) is 4.27. The molecule has 2 nitrogen and oxygen atoms in total. The largest absolute Gasteiger partial charge is 0.507 e. The Morgan fingerprint density at radius 3 is 2.40 bits per heavy atom. The third kappa shape index (κ3) is 1.79. The Hall–Kier alpha value is -1.96. The van der Waals surface area contributed by atoms with E-state index < -0.39 is 0 Å². The maximum absolute atomic E-state index is 10.4. The molecule has 0 radical (unpaired) electrons. The average molecular weight is 268 g/mol. The zero-order valence-electron chi connectivity index (χ0n) is 12.1. The van der Waals surface area contributed by atoms with Crippen LogP contribution in [-0.4, -0.2) is 10.2 Å². The van der Waals surface area contributed by atoms with Crippen LogP contribution >= 0.6 is 0 Å². The smallest absolute Gasteiger partial charge is 0.123 e. The van der Waals surface area contributed by atoms with Crippen molar-refractivity contribution in [2.45, 2.75) is 38.5 Å². The molecule has 1 atom stereocenters. The van der Waals surface area contributed by atoms with Crippen LogP contribution in [0.5, 0.6) is 11.5 Å². The van der Waals surface area contributed by atoms with Gasteiger partial charge in [-0.1, -0.05) is 45.0 Å². The summed E-state index contributed by atoms with van der Waals surface area (Å²) < 4.78 is 0. The maximum atomic E-state index is 10.4. The highest BCUT2D eigenvalue weighted by Crippen LogP contribution is 2.53. The predicted molar refractivity (Wildman–Crippen MR) is 81.3 cm³/mol. The van der Waals surface area contributed by atoms with Gasteiger partial charge in [-0.15, -0.1) is 0 Å². The van der Waals surface area contributed by atoms with E-state index in [1.165, 1.54) is 11.1 Å². The molecule has 20 heavy (non-hydrogen) atoms. The molecule has 2 N–H and O–H groups in total. The van der Waals surface area contributed by atoms with Crippen LogP contribution in [0.1, 0.15) is 44.2 Å². The Balaban J connectivity index is 2.36. The predicted octanol–water partition coefficient (Wildman–Crippen LogP) is 4.55. The fraction of sp³-hybridized carbons (Fsp3) is 0.333. The van der Waals surface area contributed by atoms with Gasteiger partial charge in [0, 0.05) is 11.1 Å². The van der Waals surface area contributed by atoms with Gasteiger partial charge in [0.1, 0.15) is 11.5 Å². The topological polar surface area (TPSA) is 40.5 Å². The molecule has 0 aromatic heterocycles. The number of para-hydroxylation sites is 1. The first-order valence-electron chi connectivity index (χ1n) is 7.06. The van der Waals surface area contributed by atoms with E-state index >= 15 is 0 Å². The quantitative estimate of drug-likeness (QED) is 0.796. The summed E-state index contributed by atoms with van der Waals surface area (Å²) >= 11 is 0. The van der Waals surface area contributed by atoms with Crippen LogP contribution in [0.3, 0.4) is 0 Å². The molecule has 0 bridgehead atoms. The van der Waals surface area contributed by atoms with E-state index in [-0.39, 0.29) is 16.9 Å². The molecule has 3 rings (SSSR count). The number of aromatic hydroxyl groups is 2. The van der Waals surface area contributed by atoms with Crippen molar-refractivity contribution in [3.63, 3.8) is 0 Å². The Bertz CT molecular complexity index is 671. The number of fused-ring (bicyclic) bond motifs is 1. The number of rotatable bonds is 1. The van der Waals surface area contributed by atoms with Gasteiger partial charge < -0.3 is 10.2 Å². The highest BCUT2D eigenvalue weighted by molar-refractivity contribution is 5.81. The van der Waals surface area contributed by atoms with E-state index in [1.54, 1.807) is 18.2 Å². The third-order valence-electron chi connectivity index (χ3n) is 4.41. The van der Waals surface area contributed by atoms with E-state index in [9.17, 15) is 10.2 Å². The van der Waals surface area contributed by atoms with Gasteiger partial charge in [-0.05, 0) is 41.0 Å². The molecule has 1 aliphatic rings.